The van der Waals surface area contributed by atoms with Gasteiger partial charge in [0.25, 0.3) is 22.2 Å². The molecule has 13 heterocycles. The molecule has 0 aliphatic carbocycles. The van der Waals surface area contributed by atoms with Gasteiger partial charge in [-0.2, -0.15) is 0 Å². The lowest BCUT2D eigenvalue weighted by Gasteiger charge is -2.13. The van der Waals surface area contributed by atoms with Crippen LogP contribution >= 0.6 is 94.1 Å². The second-order valence-electron chi connectivity index (χ2n) is 29.3. The quantitative estimate of drug-likeness (QED) is 0.0322. The standard InChI is InChI=1S/2C25H20N4O2S2.2C24H19N5O2S2/c2*30-22(28-21-12-11-18(15-26-21)17-7-3-1-4-8-17)16-33-25-27-20-13-14-32-23(20)24(31)29(25)19-9-5-2-6-10-19;30-20(28-23-25-13-17(14-26-23)16-7-3-1-4-8-16)15-33-24-27-19-11-12-32-21(19)22(31)29(24)18-9-5-2-6-10-18;30-21(28-20-9-8-17(14-26-20)16-5-4-11-25-13-16)15-33-24-27-19-10-12-32-22(19)23(31)29(24)18-6-2-1-3-7-18/h2*1-12,15H,13-14,16H2,(H,26,28,30);1-10,13-14H,11-12,15H2,(H,25,26,28,30);1-9,11,13-14H,10,12,15H2,(H,26,28,30). The summed E-state index contributed by atoms with van der Waals surface area (Å²) in [6.07, 6.45) is 15.1. The number of pyridine rings is 4. The Labute approximate surface area is 791 Å². The highest BCUT2D eigenvalue weighted by atomic mass is 32.2. The van der Waals surface area contributed by atoms with E-state index in [1.54, 1.807) is 115 Å². The fourth-order valence-corrected chi connectivity index (χ4v) is 21.5. The molecule has 26 nitrogen and oxygen atoms in total. The van der Waals surface area contributed by atoms with Gasteiger partial charge in [-0.15, -0.1) is 47.0 Å². The van der Waals surface area contributed by atoms with Crippen LogP contribution in [0.3, 0.4) is 0 Å². The van der Waals surface area contributed by atoms with Crippen molar-refractivity contribution in [1.82, 2.24) is 68.1 Å². The topological polar surface area (TPSA) is 333 Å². The van der Waals surface area contributed by atoms with Crippen LogP contribution in [0.4, 0.5) is 23.4 Å². The normalized spacial score (nSPS) is 12.4. The van der Waals surface area contributed by atoms with Crippen molar-refractivity contribution >= 4 is 141 Å². The molecule has 656 valence electrons. The highest BCUT2D eigenvalue weighted by molar-refractivity contribution is 8.01. The number of hydrogen-bond donors (Lipinski definition) is 4. The van der Waals surface area contributed by atoms with E-state index in [4.69, 9.17) is 19.9 Å². The summed E-state index contributed by atoms with van der Waals surface area (Å²) >= 11 is 11.1. The molecule has 4 aliphatic rings. The Hall–Kier alpha value is -13.6. The molecule has 0 bridgehead atoms. The van der Waals surface area contributed by atoms with E-state index in [0.717, 1.165) is 139 Å². The number of amides is 4. The molecule has 0 fully saturated rings. The molecule has 20 rings (SSSR count). The highest BCUT2D eigenvalue weighted by Crippen LogP contribution is 2.36. The molecule has 132 heavy (non-hydrogen) atoms. The number of nitrogens with zero attached hydrogens (tertiary/aromatic N) is 14. The molecule has 4 amide bonds. The summed E-state index contributed by atoms with van der Waals surface area (Å²) in [6, 6.07) is 82.2. The number of para-hydroxylation sites is 4. The Bertz CT molecular complexity index is 6220. The molecule has 9 aromatic heterocycles. The lowest BCUT2D eigenvalue weighted by molar-refractivity contribution is -0.114. The number of thioether (sulfide) groups is 8. The number of hydrogen-bond acceptors (Lipinski definition) is 26. The van der Waals surface area contributed by atoms with Gasteiger partial charge in [-0.05, 0) is 108 Å². The predicted molar refractivity (Wildman–Crippen MR) is 529 cm³/mol. The molecule has 34 heteroatoms. The van der Waals surface area contributed by atoms with Gasteiger partial charge in [0.2, 0.25) is 29.6 Å². The van der Waals surface area contributed by atoms with E-state index in [1.165, 1.54) is 58.8 Å². The highest BCUT2D eigenvalue weighted by Gasteiger charge is 2.29. The number of aromatic nitrogens is 14. The van der Waals surface area contributed by atoms with Gasteiger partial charge < -0.3 is 16.0 Å². The van der Waals surface area contributed by atoms with Gasteiger partial charge in [0, 0.05) is 120 Å². The summed E-state index contributed by atoms with van der Waals surface area (Å²) in [4.78, 5) is 150. The summed E-state index contributed by atoms with van der Waals surface area (Å²) in [7, 11) is 0. The first-order chi connectivity index (χ1) is 64.7. The molecule has 4 aliphatic heterocycles. The molecule has 4 N–H and O–H groups in total. The van der Waals surface area contributed by atoms with Gasteiger partial charge in [0.1, 0.15) is 17.5 Å². The van der Waals surface area contributed by atoms with Crippen molar-refractivity contribution in [3.63, 3.8) is 0 Å². The Morgan fingerprint density at radius 3 is 0.795 bits per heavy atom. The number of fused-ring (bicyclic) bond motifs is 4. The lowest BCUT2D eigenvalue weighted by atomic mass is 10.1. The molecule has 16 aromatic rings. The SMILES string of the molecule is O=C(CSc1nc2c(c(=O)n1-c1ccccc1)SCC2)Nc1ccc(-c2ccccc2)cn1.O=C(CSc1nc2c(c(=O)n1-c1ccccc1)SCC2)Nc1ccc(-c2ccccc2)cn1.O=C(CSc1nc2c(c(=O)n1-c1ccccc1)SCC2)Nc1ccc(-c2cccnc2)cn1.O=C(CSc1nc2c(c(=O)n1-c1ccccc1)SCC2)Nc1ncc(-c2ccccc2)cn1. The van der Waals surface area contributed by atoms with Crippen LogP contribution < -0.4 is 43.5 Å². The fourth-order valence-electron chi connectivity index (χ4n) is 14.1. The number of aryl methyl sites for hydroxylation is 4. The van der Waals surface area contributed by atoms with E-state index >= 15 is 0 Å². The number of benzene rings is 7. The van der Waals surface area contributed by atoms with Gasteiger partial charge in [-0.1, -0.05) is 217 Å². The Balaban J connectivity index is 0.000000123. The lowest BCUT2D eigenvalue weighted by Crippen LogP contribution is -2.24. The van der Waals surface area contributed by atoms with E-state index in [-0.39, 0.29) is 74.8 Å². The van der Waals surface area contributed by atoms with Crippen molar-refractivity contribution in [3.05, 3.63) is 368 Å². The Kier molecular flexibility index (Phi) is 30.0. The van der Waals surface area contributed by atoms with E-state index in [9.17, 15) is 38.4 Å². The van der Waals surface area contributed by atoms with Crippen LogP contribution in [0.1, 0.15) is 22.8 Å². The van der Waals surface area contributed by atoms with Crippen LogP contribution in [0.2, 0.25) is 0 Å². The molecule has 0 atom stereocenters. The van der Waals surface area contributed by atoms with Crippen LogP contribution in [-0.4, -0.2) is 138 Å². The van der Waals surface area contributed by atoms with Crippen molar-refractivity contribution < 1.29 is 19.2 Å². The summed E-state index contributed by atoms with van der Waals surface area (Å²) in [5, 5.41) is 13.2. The maximum absolute atomic E-state index is 13.1. The molecule has 0 spiro atoms. The second kappa shape index (κ2) is 43.9. The summed E-state index contributed by atoms with van der Waals surface area (Å²) in [6.45, 7) is 0. The van der Waals surface area contributed by atoms with Gasteiger partial charge >= 0.3 is 0 Å². The third-order valence-electron chi connectivity index (χ3n) is 20.4. The first-order valence-electron chi connectivity index (χ1n) is 41.6. The second-order valence-corrected chi connectivity index (χ2v) is 37.4. The predicted octanol–water partition coefficient (Wildman–Crippen LogP) is 17.5. The van der Waals surface area contributed by atoms with Gasteiger partial charge in [0.15, 0.2) is 20.6 Å². The largest absolute Gasteiger partial charge is 0.310 e. The first-order valence-corrected chi connectivity index (χ1v) is 49.5. The third kappa shape index (κ3) is 22.5. The van der Waals surface area contributed by atoms with Gasteiger partial charge in [-0.3, -0.25) is 66.9 Å². The smallest absolute Gasteiger partial charge is 0.272 e. The van der Waals surface area contributed by atoms with Gasteiger partial charge in [-0.25, -0.2) is 44.9 Å². The van der Waals surface area contributed by atoms with Crippen LogP contribution in [0.5, 0.6) is 0 Å². The molecular weight excluding hydrogens is 1810 g/mol. The first kappa shape index (κ1) is 90.4. The third-order valence-corrected chi connectivity index (χ3v) is 28.5. The average Bonchev–Trinajstić information content (AvgIpc) is 1.59. The van der Waals surface area contributed by atoms with Crippen molar-refractivity contribution in [3.8, 4) is 67.3 Å². The molecule has 0 saturated carbocycles. The zero-order chi connectivity index (χ0) is 90.5. The van der Waals surface area contributed by atoms with E-state index in [1.807, 2.05) is 243 Å². The van der Waals surface area contributed by atoms with Crippen LogP contribution in [0.15, 0.2) is 364 Å². The number of carbonyl (C=O) groups is 4. The zero-order valence-corrected chi connectivity index (χ0v) is 76.7. The molecule has 0 unspecified atom stereocenters. The molecule has 0 radical (unpaired) electrons. The summed E-state index contributed by atoms with van der Waals surface area (Å²) < 4.78 is 6.38. The van der Waals surface area contributed by atoms with Gasteiger partial charge in [0.05, 0.1) is 88.1 Å². The van der Waals surface area contributed by atoms with Crippen LogP contribution in [0.25, 0.3) is 67.3 Å². The fraction of sp³-hybridized carbons (Fsp3) is 0.122. The van der Waals surface area contributed by atoms with Crippen molar-refractivity contribution in [2.24, 2.45) is 0 Å². The van der Waals surface area contributed by atoms with Crippen LogP contribution in [0, 0.1) is 0 Å². The minimum Gasteiger partial charge on any atom is -0.310 e. The minimum absolute atomic E-state index is 0.0743. The average molecular weight is 1890 g/mol. The number of anilines is 4. The minimum atomic E-state index is -0.267. The maximum atomic E-state index is 13.1. The number of rotatable bonds is 24. The summed E-state index contributed by atoms with van der Waals surface area (Å²) in [5.74, 6) is 4.60. The van der Waals surface area contributed by atoms with E-state index in [2.05, 4.69) is 51.2 Å². The zero-order valence-electron chi connectivity index (χ0n) is 70.1. The van der Waals surface area contributed by atoms with Crippen LogP contribution in [-0.2, 0) is 44.9 Å². The van der Waals surface area contributed by atoms with E-state index < -0.39 is 0 Å². The monoisotopic (exact) mass is 1890 g/mol. The molecule has 0 saturated heterocycles. The van der Waals surface area contributed by atoms with Crippen molar-refractivity contribution in [1.29, 1.82) is 0 Å². The maximum Gasteiger partial charge on any atom is 0.272 e. The Morgan fingerprint density at radius 1 is 0.273 bits per heavy atom. The summed E-state index contributed by atoms with van der Waals surface area (Å²) in [5.41, 5.74) is 13.7. The van der Waals surface area contributed by atoms with Crippen molar-refractivity contribution in [2.45, 2.75) is 65.9 Å². The van der Waals surface area contributed by atoms with Crippen molar-refractivity contribution in [2.75, 3.05) is 67.3 Å². The van der Waals surface area contributed by atoms with E-state index in [0.29, 0.717) is 57.7 Å². The number of carbonyl (C=O) groups excluding carboxylic acids is 4. The Morgan fingerprint density at radius 2 is 0.523 bits per heavy atom. The number of nitrogens with one attached hydrogen (secondary N) is 4. The molecule has 7 aromatic carbocycles. The molecular formula is C98H78N18O8S8.